The molecule has 0 radical (unpaired) electrons. The van der Waals surface area contributed by atoms with Crippen LogP contribution in [0.15, 0.2) is 36.5 Å². The van der Waals surface area contributed by atoms with Crippen LogP contribution in [-0.2, 0) is 6.54 Å². The van der Waals surface area contributed by atoms with E-state index in [-0.39, 0.29) is 0 Å². The maximum atomic E-state index is 5.65. The molecule has 20 heavy (non-hydrogen) atoms. The Labute approximate surface area is 117 Å². The van der Waals surface area contributed by atoms with Crippen molar-refractivity contribution in [2.24, 2.45) is 0 Å². The Morgan fingerprint density at radius 1 is 1.20 bits per heavy atom. The van der Waals surface area contributed by atoms with Gasteiger partial charge in [0.1, 0.15) is 0 Å². The van der Waals surface area contributed by atoms with E-state index < -0.39 is 0 Å². The zero-order valence-electron chi connectivity index (χ0n) is 11.6. The SMILES string of the molecule is Cc1nn(Cc2ccccc2)c(C)c1-c1cnc(N)[nH]1. The molecule has 0 amide bonds. The summed E-state index contributed by atoms with van der Waals surface area (Å²) in [5.74, 6) is 0.426. The summed E-state index contributed by atoms with van der Waals surface area (Å²) in [5.41, 5.74) is 11.0. The molecule has 102 valence electrons. The first-order chi connectivity index (χ1) is 9.65. The van der Waals surface area contributed by atoms with E-state index in [1.165, 1.54) is 5.56 Å². The van der Waals surface area contributed by atoms with Crippen molar-refractivity contribution in [1.82, 2.24) is 19.7 Å². The van der Waals surface area contributed by atoms with Gasteiger partial charge in [0, 0.05) is 11.3 Å². The van der Waals surface area contributed by atoms with Crippen LogP contribution in [-0.4, -0.2) is 19.7 Å². The van der Waals surface area contributed by atoms with Gasteiger partial charge in [-0.1, -0.05) is 30.3 Å². The van der Waals surface area contributed by atoms with Crippen molar-refractivity contribution in [3.63, 3.8) is 0 Å². The Hall–Kier alpha value is -2.56. The highest BCUT2D eigenvalue weighted by Gasteiger charge is 2.15. The smallest absolute Gasteiger partial charge is 0.197 e. The number of nitrogens with one attached hydrogen (secondary N) is 1. The third-order valence-electron chi connectivity index (χ3n) is 3.42. The summed E-state index contributed by atoms with van der Waals surface area (Å²) in [6, 6.07) is 10.3. The van der Waals surface area contributed by atoms with Gasteiger partial charge in [-0.05, 0) is 19.4 Å². The van der Waals surface area contributed by atoms with E-state index in [0.717, 1.165) is 29.2 Å². The number of hydrogen-bond acceptors (Lipinski definition) is 3. The first kappa shape index (κ1) is 12.5. The van der Waals surface area contributed by atoms with E-state index in [1.807, 2.05) is 29.8 Å². The molecule has 0 bridgehead atoms. The van der Waals surface area contributed by atoms with Crippen LogP contribution in [0.1, 0.15) is 17.0 Å². The van der Waals surface area contributed by atoms with Crippen LogP contribution in [0.3, 0.4) is 0 Å². The largest absolute Gasteiger partial charge is 0.369 e. The molecular formula is C15H17N5. The second-order valence-electron chi connectivity index (χ2n) is 4.87. The van der Waals surface area contributed by atoms with Gasteiger partial charge in [-0.25, -0.2) is 4.98 Å². The first-order valence-electron chi connectivity index (χ1n) is 6.54. The van der Waals surface area contributed by atoms with E-state index >= 15 is 0 Å². The number of aromatic amines is 1. The zero-order chi connectivity index (χ0) is 14.1. The fourth-order valence-corrected chi connectivity index (χ4v) is 2.46. The third-order valence-corrected chi connectivity index (χ3v) is 3.42. The Bertz CT molecular complexity index is 724. The minimum absolute atomic E-state index is 0.426. The number of H-pyrrole nitrogens is 1. The molecule has 3 rings (SSSR count). The minimum atomic E-state index is 0.426. The number of nitrogen functional groups attached to an aromatic ring is 1. The number of hydrogen-bond donors (Lipinski definition) is 2. The van der Waals surface area contributed by atoms with Crippen molar-refractivity contribution in [1.29, 1.82) is 0 Å². The van der Waals surface area contributed by atoms with Gasteiger partial charge in [0.25, 0.3) is 0 Å². The summed E-state index contributed by atoms with van der Waals surface area (Å²) in [4.78, 5) is 7.12. The number of aryl methyl sites for hydroxylation is 1. The van der Waals surface area contributed by atoms with E-state index in [0.29, 0.717) is 5.95 Å². The number of aromatic nitrogens is 4. The molecule has 0 aliphatic heterocycles. The van der Waals surface area contributed by atoms with Crippen LogP contribution in [0.25, 0.3) is 11.3 Å². The number of benzene rings is 1. The quantitative estimate of drug-likeness (QED) is 0.766. The van der Waals surface area contributed by atoms with Crippen LogP contribution in [0.2, 0.25) is 0 Å². The lowest BCUT2D eigenvalue weighted by Crippen LogP contribution is -2.03. The van der Waals surface area contributed by atoms with Crippen LogP contribution in [0.5, 0.6) is 0 Å². The highest BCUT2D eigenvalue weighted by molar-refractivity contribution is 5.65. The van der Waals surface area contributed by atoms with Gasteiger partial charge in [-0.2, -0.15) is 5.10 Å². The first-order valence-corrected chi connectivity index (χ1v) is 6.54. The minimum Gasteiger partial charge on any atom is -0.369 e. The Morgan fingerprint density at radius 3 is 2.60 bits per heavy atom. The average Bonchev–Trinajstić information content (AvgIpc) is 2.96. The molecule has 0 aliphatic rings. The molecule has 0 atom stereocenters. The zero-order valence-corrected chi connectivity index (χ0v) is 11.6. The van der Waals surface area contributed by atoms with Crippen LogP contribution in [0.4, 0.5) is 5.95 Å². The van der Waals surface area contributed by atoms with Gasteiger partial charge in [-0.3, -0.25) is 4.68 Å². The fraction of sp³-hybridized carbons (Fsp3) is 0.200. The molecule has 0 saturated carbocycles. The number of nitrogens with two attached hydrogens (primary N) is 1. The van der Waals surface area contributed by atoms with E-state index in [9.17, 15) is 0 Å². The highest BCUT2D eigenvalue weighted by atomic mass is 15.3. The van der Waals surface area contributed by atoms with Gasteiger partial charge in [0.2, 0.25) is 0 Å². The summed E-state index contributed by atoms with van der Waals surface area (Å²) in [5, 5.41) is 4.62. The molecule has 2 aromatic heterocycles. The molecule has 0 unspecified atom stereocenters. The topological polar surface area (TPSA) is 72.5 Å². The molecule has 0 aliphatic carbocycles. The molecule has 0 spiro atoms. The van der Waals surface area contributed by atoms with Crippen LogP contribution < -0.4 is 5.73 Å². The second-order valence-corrected chi connectivity index (χ2v) is 4.87. The van der Waals surface area contributed by atoms with E-state index in [2.05, 4.69) is 34.1 Å². The van der Waals surface area contributed by atoms with Gasteiger partial charge in [0.05, 0.1) is 24.1 Å². The number of anilines is 1. The lowest BCUT2D eigenvalue weighted by atomic mass is 10.1. The molecule has 0 saturated heterocycles. The average molecular weight is 267 g/mol. The maximum Gasteiger partial charge on any atom is 0.197 e. The third kappa shape index (κ3) is 2.18. The van der Waals surface area contributed by atoms with Crippen molar-refractivity contribution in [3.05, 3.63) is 53.5 Å². The van der Waals surface area contributed by atoms with Crippen molar-refractivity contribution in [2.45, 2.75) is 20.4 Å². The van der Waals surface area contributed by atoms with Crippen LogP contribution >= 0.6 is 0 Å². The number of rotatable bonds is 3. The summed E-state index contributed by atoms with van der Waals surface area (Å²) in [6.45, 7) is 4.83. The number of nitrogens with zero attached hydrogens (tertiary/aromatic N) is 3. The monoisotopic (exact) mass is 267 g/mol. The Kier molecular flexibility index (Phi) is 3.02. The molecule has 0 fully saturated rings. The fourth-order valence-electron chi connectivity index (χ4n) is 2.46. The standard InChI is InChI=1S/C15H17N5/c1-10-14(13-8-17-15(16)18-13)11(2)20(19-10)9-12-6-4-3-5-7-12/h3-8H,9H2,1-2H3,(H3,16,17,18). The van der Waals surface area contributed by atoms with Crippen molar-refractivity contribution < 1.29 is 0 Å². The molecule has 2 heterocycles. The van der Waals surface area contributed by atoms with Crippen molar-refractivity contribution >= 4 is 5.95 Å². The molecule has 5 nitrogen and oxygen atoms in total. The van der Waals surface area contributed by atoms with Gasteiger partial charge >= 0.3 is 0 Å². The van der Waals surface area contributed by atoms with Crippen molar-refractivity contribution in [3.8, 4) is 11.3 Å². The normalized spacial score (nSPS) is 10.9. The van der Waals surface area contributed by atoms with E-state index in [1.54, 1.807) is 6.20 Å². The number of imidazole rings is 1. The highest BCUT2D eigenvalue weighted by Crippen LogP contribution is 2.26. The van der Waals surface area contributed by atoms with E-state index in [4.69, 9.17) is 5.73 Å². The lowest BCUT2D eigenvalue weighted by Gasteiger charge is -2.05. The molecule has 3 aromatic rings. The maximum absolute atomic E-state index is 5.65. The lowest BCUT2D eigenvalue weighted by molar-refractivity contribution is 0.659. The molecular weight excluding hydrogens is 250 g/mol. The summed E-state index contributed by atoms with van der Waals surface area (Å²) >= 11 is 0. The molecule has 3 N–H and O–H groups in total. The van der Waals surface area contributed by atoms with Gasteiger partial charge in [0.15, 0.2) is 5.95 Å². The second kappa shape index (κ2) is 4.85. The van der Waals surface area contributed by atoms with Gasteiger partial charge < -0.3 is 10.7 Å². The molecule has 5 heteroatoms. The predicted molar refractivity (Wildman–Crippen MR) is 79.2 cm³/mol. The van der Waals surface area contributed by atoms with Crippen molar-refractivity contribution in [2.75, 3.05) is 5.73 Å². The Morgan fingerprint density at radius 2 is 1.95 bits per heavy atom. The molecule has 1 aromatic carbocycles. The summed E-state index contributed by atoms with van der Waals surface area (Å²) < 4.78 is 2.01. The van der Waals surface area contributed by atoms with Crippen LogP contribution in [0, 0.1) is 13.8 Å². The summed E-state index contributed by atoms with van der Waals surface area (Å²) in [7, 11) is 0. The summed E-state index contributed by atoms with van der Waals surface area (Å²) in [6.07, 6.45) is 1.75. The predicted octanol–water partition coefficient (Wildman–Crippen LogP) is 2.52. The Balaban J connectivity index is 1.99. The van der Waals surface area contributed by atoms with Gasteiger partial charge in [-0.15, -0.1) is 0 Å².